The molecule has 2 saturated carbocycles. The van der Waals surface area contributed by atoms with Crippen LogP contribution in [0.1, 0.15) is 138 Å². The molecule has 0 radical (unpaired) electrons. The summed E-state index contributed by atoms with van der Waals surface area (Å²) in [4.78, 5) is 4.35. The van der Waals surface area contributed by atoms with Crippen molar-refractivity contribution in [3.8, 4) is 0 Å². The molecule has 2 fully saturated rings. The Morgan fingerprint density at radius 3 is 2.05 bits per heavy atom. The van der Waals surface area contributed by atoms with E-state index in [2.05, 4.69) is 105 Å². The maximum Gasteiger partial charge on any atom is 0.126 e. The summed E-state index contributed by atoms with van der Waals surface area (Å²) < 4.78 is 5.96. The van der Waals surface area contributed by atoms with Gasteiger partial charge in [0, 0.05) is 12.1 Å². The van der Waals surface area contributed by atoms with Crippen molar-refractivity contribution in [3.05, 3.63) is 35.4 Å². The van der Waals surface area contributed by atoms with Crippen LogP contribution in [0.4, 0.5) is 0 Å². The van der Waals surface area contributed by atoms with E-state index >= 15 is 0 Å². The molecule has 0 aliphatic heterocycles. The van der Waals surface area contributed by atoms with E-state index in [9.17, 15) is 0 Å². The van der Waals surface area contributed by atoms with Crippen molar-refractivity contribution in [1.29, 1.82) is 0 Å². The first-order valence-corrected chi connectivity index (χ1v) is 18.8. The Bertz CT molecular complexity index is 858. The van der Waals surface area contributed by atoms with Gasteiger partial charge >= 0.3 is 0 Å². The maximum absolute atomic E-state index is 5.96. The minimum absolute atomic E-state index is 0.0102. The summed E-state index contributed by atoms with van der Waals surface area (Å²) in [6.07, 6.45) is 10.9. The molecule has 0 amide bonds. The molecule has 1 aromatic carbocycles. The third kappa shape index (κ3) is 8.68. The van der Waals surface area contributed by atoms with Crippen LogP contribution in [0.5, 0.6) is 0 Å². The Labute approximate surface area is 238 Å². The van der Waals surface area contributed by atoms with Crippen molar-refractivity contribution in [3.63, 3.8) is 0 Å². The van der Waals surface area contributed by atoms with E-state index in [1.54, 1.807) is 5.56 Å². The molecule has 218 valence electrons. The second kappa shape index (κ2) is 12.5. The van der Waals surface area contributed by atoms with Gasteiger partial charge in [0.25, 0.3) is 0 Å². The number of rotatable bonds is 10. The molecule has 3 rings (SSSR count). The van der Waals surface area contributed by atoms with E-state index in [4.69, 9.17) is 4.74 Å². The largest absolute Gasteiger partial charge is 0.376 e. The third-order valence-electron chi connectivity index (χ3n) is 9.56. The summed E-state index contributed by atoms with van der Waals surface area (Å²) >= 11 is 0. The smallest absolute Gasteiger partial charge is 0.126 e. The highest BCUT2D eigenvalue weighted by Crippen LogP contribution is 2.60. The fourth-order valence-electron chi connectivity index (χ4n) is 8.32. The zero-order chi connectivity index (χ0) is 28.4. The first kappa shape index (κ1) is 31.9. The average molecular weight is 542 g/mol. The van der Waals surface area contributed by atoms with Crippen LogP contribution < -0.4 is 4.98 Å². The lowest BCUT2D eigenvalue weighted by atomic mass is 9.70. The van der Waals surface area contributed by atoms with E-state index in [0.29, 0.717) is 0 Å². The number of unbranched alkanes of at least 4 members (excludes halogenated alkanes) is 3. The van der Waals surface area contributed by atoms with Gasteiger partial charge in [0.15, 0.2) is 0 Å². The Morgan fingerprint density at radius 1 is 0.842 bits per heavy atom. The van der Waals surface area contributed by atoms with Crippen LogP contribution >= 0.6 is 0 Å². The highest BCUT2D eigenvalue weighted by molar-refractivity contribution is 6.78. The summed E-state index contributed by atoms with van der Waals surface area (Å²) in [5, 5.41) is 0. The predicted molar refractivity (Wildman–Crippen MR) is 170 cm³/mol. The fourth-order valence-corrected chi connectivity index (χ4v) is 14.4. The van der Waals surface area contributed by atoms with E-state index in [0.717, 1.165) is 35.8 Å². The third-order valence-corrected chi connectivity index (χ3v) is 14.7. The van der Waals surface area contributed by atoms with Gasteiger partial charge in [-0.3, -0.25) is 0 Å². The molecule has 0 aromatic heterocycles. The van der Waals surface area contributed by atoms with Crippen molar-refractivity contribution in [2.45, 2.75) is 161 Å². The van der Waals surface area contributed by atoms with Crippen molar-refractivity contribution in [2.24, 2.45) is 17.8 Å². The molecular formula is C35H63NOSi. The van der Waals surface area contributed by atoms with Gasteiger partial charge in [-0.05, 0) is 113 Å². The normalized spacial score (nSPS) is 28.2. The predicted octanol–water partition coefficient (Wildman–Crippen LogP) is 10.2. The van der Waals surface area contributed by atoms with Gasteiger partial charge in [-0.15, -0.1) is 0 Å². The summed E-state index contributed by atoms with van der Waals surface area (Å²) in [6.45, 7) is 26.9. The lowest BCUT2D eigenvalue weighted by Gasteiger charge is -2.47. The van der Waals surface area contributed by atoms with Crippen molar-refractivity contribution in [1.82, 2.24) is 4.98 Å². The van der Waals surface area contributed by atoms with Gasteiger partial charge in [0.05, 0.1) is 5.60 Å². The minimum Gasteiger partial charge on any atom is -0.376 e. The van der Waals surface area contributed by atoms with Crippen LogP contribution in [-0.4, -0.2) is 26.0 Å². The van der Waals surface area contributed by atoms with E-state index < -0.39 is 8.24 Å². The summed E-state index contributed by atoms with van der Waals surface area (Å²) in [5.74, 6) is 3.36. The Balaban J connectivity index is 1.71. The van der Waals surface area contributed by atoms with Gasteiger partial charge in [-0.25, -0.2) is 0 Å². The lowest BCUT2D eigenvalue weighted by molar-refractivity contribution is -0.00471. The summed E-state index contributed by atoms with van der Waals surface area (Å²) in [6, 6.07) is 11.2. The molecule has 6 unspecified atom stereocenters. The first-order valence-electron chi connectivity index (χ1n) is 16.0. The minimum atomic E-state index is -1.67. The Morgan fingerprint density at radius 2 is 1.47 bits per heavy atom. The van der Waals surface area contributed by atoms with Crippen molar-refractivity contribution >= 4 is 8.24 Å². The summed E-state index contributed by atoms with van der Waals surface area (Å²) in [7, 11) is -1.67. The lowest BCUT2D eigenvalue weighted by Crippen LogP contribution is -2.60. The zero-order valence-corrected chi connectivity index (χ0v) is 28.2. The molecule has 2 nitrogen and oxygen atoms in total. The van der Waals surface area contributed by atoms with Gasteiger partial charge in [-0.2, -0.15) is 0 Å². The molecule has 38 heavy (non-hydrogen) atoms. The molecule has 0 heterocycles. The Kier molecular flexibility index (Phi) is 10.5. The standard InChI is InChI=1S/C35H63NOSi/c1-26-25-31-29(27-19-21-28(22-20-27)33(2,3)4)17-16-18-30(31)32(26)38(11,36-34(5,6)7)24-15-13-12-14-23-37-35(8,9)10/h19-22,26,29-32,36H,12-18,23-25H2,1-11H3. The zero-order valence-electron chi connectivity index (χ0n) is 27.2. The van der Waals surface area contributed by atoms with Crippen LogP contribution in [0.15, 0.2) is 24.3 Å². The molecular weight excluding hydrogens is 478 g/mol. The second-order valence-electron chi connectivity index (χ2n) is 16.4. The molecule has 1 N–H and O–H groups in total. The Hall–Kier alpha value is -0.643. The van der Waals surface area contributed by atoms with Gasteiger partial charge in [-0.1, -0.05) is 90.6 Å². The highest BCUT2D eigenvalue weighted by atomic mass is 28.3. The number of fused-ring (bicyclic) bond motifs is 1. The number of hydrogen-bond acceptors (Lipinski definition) is 2. The molecule has 1 aromatic rings. The molecule has 0 spiro atoms. The monoisotopic (exact) mass is 541 g/mol. The maximum atomic E-state index is 5.96. The van der Waals surface area contributed by atoms with Gasteiger partial charge in [0.2, 0.25) is 0 Å². The van der Waals surface area contributed by atoms with Crippen LogP contribution in [0.3, 0.4) is 0 Å². The molecule has 3 heteroatoms. The quantitative estimate of drug-likeness (QED) is 0.235. The number of nitrogens with one attached hydrogen (secondary N) is 1. The molecule has 0 saturated heterocycles. The number of ether oxygens (including phenoxy) is 1. The van der Waals surface area contributed by atoms with Gasteiger partial charge < -0.3 is 9.72 Å². The van der Waals surface area contributed by atoms with Gasteiger partial charge in [0.1, 0.15) is 8.24 Å². The highest BCUT2D eigenvalue weighted by Gasteiger charge is 2.54. The molecule has 0 bridgehead atoms. The topological polar surface area (TPSA) is 21.3 Å². The van der Waals surface area contributed by atoms with Crippen LogP contribution in [-0.2, 0) is 10.2 Å². The number of benzene rings is 1. The molecule has 2 aliphatic rings. The van der Waals surface area contributed by atoms with E-state index in [1.165, 1.54) is 63.0 Å². The van der Waals surface area contributed by atoms with E-state index in [-0.39, 0.29) is 16.6 Å². The fraction of sp³-hybridized carbons (Fsp3) is 0.829. The van der Waals surface area contributed by atoms with Crippen LogP contribution in [0.25, 0.3) is 0 Å². The van der Waals surface area contributed by atoms with Crippen LogP contribution in [0, 0.1) is 17.8 Å². The average Bonchev–Trinajstić information content (AvgIpc) is 3.12. The first-order chi connectivity index (χ1) is 17.5. The molecule has 6 atom stereocenters. The van der Waals surface area contributed by atoms with E-state index in [1.807, 2.05) is 0 Å². The second-order valence-corrected chi connectivity index (χ2v) is 20.6. The SMILES string of the molecule is CC1CC2C(c3ccc(C(C)(C)C)cc3)CCCC2C1[Si](C)(CCCCCCOC(C)(C)C)NC(C)(C)C. The van der Waals surface area contributed by atoms with Crippen LogP contribution in [0.2, 0.25) is 18.1 Å². The molecule has 2 aliphatic carbocycles. The van der Waals surface area contributed by atoms with Crippen molar-refractivity contribution < 1.29 is 4.74 Å². The summed E-state index contributed by atoms with van der Waals surface area (Å²) in [5.41, 5.74) is 4.38. The van der Waals surface area contributed by atoms with Crippen molar-refractivity contribution in [2.75, 3.05) is 6.61 Å². The number of hydrogen-bond donors (Lipinski definition) is 1.